The summed E-state index contributed by atoms with van der Waals surface area (Å²) in [6.45, 7) is 10.1. The van der Waals surface area contributed by atoms with Crippen molar-refractivity contribution >= 4 is 5.91 Å². The van der Waals surface area contributed by atoms with Gasteiger partial charge in [0.05, 0.1) is 18.2 Å². The lowest BCUT2D eigenvalue weighted by Crippen LogP contribution is -2.60. The summed E-state index contributed by atoms with van der Waals surface area (Å²) in [6, 6.07) is 2.13. The highest BCUT2D eigenvalue weighted by atomic mass is 16.5. The van der Waals surface area contributed by atoms with Crippen LogP contribution in [-0.4, -0.2) is 40.8 Å². The molecule has 1 saturated heterocycles. The molecule has 1 saturated carbocycles. The number of aliphatic hydroxyl groups excluding tert-OH is 1. The minimum Gasteiger partial charge on any atom is -0.396 e. The summed E-state index contributed by atoms with van der Waals surface area (Å²) in [5.41, 5.74) is 1.35. The van der Waals surface area contributed by atoms with Gasteiger partial charge in [-0.2, -0.15) is 0 Å². The number of rotatable bonds is 4. The number of aromatic nitrogens is 1. The fraction of sp³-hybridized carbons (Fsp3) is 0.800. The summed E-state index contributed by atoms with van der Waals surface area (Å²) in [6.07, 6.45) is 5.21. The fourth-order valence-corrected chi connectivity index (χ4v) is 4.23. The van der Waals surface area contributed by atoms with Crippen LogP contribution in [0.1, 0.15) is 77.2 Å². The van der Waals surface area contributed by atoms with Gasteiger partial charge in [0.2, 0.25) is 5.91 Å². The molecule has 3 rings (SSSR count). The summed E-state index contributed by atoms with van der Waals surface area (Å²) in [5, 5.41) is 13.6. The molecule has 140 valence electrons. The summed E-state index contributed by atoms with van der Waals surface area (Å²) in [5.74, 6) is 1.39. The van der Waals surface area contributed by atoms with Crippen molar-refractivity contribution in [3.05, 3.63) is 17.5 Å². The molecule has 1 aliphatic heterocycles. The van der Waals surface area contributed by atoms with E-state index in [1.54, 1.807) is 0 Å². The highest BCUT2D eigenvalue weighted by molar-refractivity contribution is 5.80. The van der Waals surface area contributed by atoms with E-state index in [1.807, 2.05) is 11.8 Å². The number of likely N-dealkylation sites (tertiary alicyclic amines) is 1. The summed E-state index contributed by atoms with van der Waals surface area (Å²) < 4.78 is 5.63. The van der Waals surface area contributed by atoms with Gasteiger partial charge >= 0.3 is 0 Å². The smallest absolute Gasteiger partial charge is 0.228 e. The molecule has 1 aromatic rings. The Balaban J connectivity index is 1.53. The molecular weight excluding hydrogens is 316 g/mol. The Labute approximate surface area is 150 Å². The Hall–Kier alpha value is -1.36. The first-order chi connectivity index (χ1) is 11.8. The molecule has 1 N–H and O–H groups in total. The monoisotopic (exact) mass is 348 g/mol. The lowest BCUT2D eigenvalue weighted by Gasteiger charge is -2.54. The van der Waals surface area contributed by atoms with E-state index in [1.165, 1.54) is 0 Å². The highest BCUT2D eigenvalue weighted by Crippen LogP contribution is 2.48. The first-order valence-electron chi connectivity index (χ1n) is 9.65. The van der Waals surface area contributed by atoms with Gasteiger partial charge in [0.25, 0.3) is 0 Å². The van der Waals surface area contributed by atoms with E-state index >= 15 is 0 Å². The Bertz CT molecular complexity index is 597. The molecule has 0 aromatic carbocycles. The minimum absolute atomic E-state index is 0.0228. The topological polar surface area (TPSA) is 66.6 Å². The van der Waals surface area contributed by atoms with Crippen molar-refractivity contribution < 1.29 is 14.4 Å². The van der Waals surface area contributed by atoms with E-state index in [9.17, 15) is 9.90 Å². The van der Waals surface area contributed by atoms with Gasteiger partial charge in [0.1, 0.15) is 5.76 Å². The van der Waals surface area contributed by atoms with E-state index in [0.29, 0.717) is 17.8 Å². The highest BCUT2D eigenvalue weighted by Gasteiger charge is 2.48. The van der Waals surface area contributed by atoms with Crippen molar-refractivity contribution in [1.82, 2.24) is 10.1 Å². The van der Waals surface area contributed by atoms with Crippen LogP contribution in [0.15, 0.2) is 10.6 Å². The molecule has 2 heterocycles. The zero-order chi connectivity index (χ0) is 18.2. The van der Waals surface area contributed by atoms with Crippen LogP contribution in [0.25, 0.3) is 0 Å². The van der Waals surface area contributed by atoms with Gasteiger partial charge in [-0.1, -0.05) is 32.9 Å². The SMILES string of the molecule is CC[C@H](CO)C(=O)N1CC2(CCC(c3cc(C(C)(C)C)no3)CC2)C1. The van der Waals surface area contributed by atoms with Crippen molar-refractivity contribution in [2.45, 2.75) is 71.1 Å². The molecule has 1 amide bonds. The number of nitrogens with zero attached hydrogens (tertiary/aromatic N) is 2. The number of carbonyl (C=O) groups excluding carboxylic acids is 1. The maximum Gasteiger partial charge on any atom is 0.228 e. The van der Waals surface area contributed by atoms with Gasteiger partial charge in [-0.3, -0.25) is 4.79 Å². The summed E-state index contributed by atoms with van der Waals surface area (Å²) >= 11 is 0. The van der Waals surface area contributed by atoms with Crippen LogP contribution in [-0.2, 0) is 10.2 Å². The predicted octanol–water partition coefficient (Wildman–Crippen LogP) is 3.48. The van der Waals surface area contributed by atoms with E-state index in [2.05, 4.69) is 32.0 Å². The number of aliphatic hydroxyl groups is 1. The lowest BCUT2D eigenvalue weighted by molar-refractivity contribution is -0.151. The summed E-state index contributed by atoms with van der Waals surface area (Å²) in [7, 11) is 0. The van der Waals surface area contributed by atoms with Crippen LogP contribution in [0.3, 0.4) is 0 Å². The maximum atomic E-state index is 12.3. The van der Waals surface area contributed by atoms with Crippen LogP contribution in [0, 0.1) is 11.3 Å². The van der Waals surface area contributed by atoms with Crippen molar-refractivity contribution in [3.63, 3.8) is 0 Å². The molecule has 0 radical (unpaired) electrons. The average molecular weight is 348 g/mol. The van der Waals surface area contributed by atoms with E-state index < -0.39 is 0 Å². The molecule has 1 spiro atoms. The van der Waals surface area contributed by atoms with E-state index in [4.69, 9.17) is 4.52 Å². The molecule has 1 aromatic heterocycles. The standard InChI is InChI=1S/C20H32N2O3/c1-5-14(11-23)18(24)22-12-20(13-22)8-6-15(7-9-20)16-10-17(21-25-16)19(2,3)4/h10,14-15,23H,5-9,11-13H2,1-4H3/t14-/m1/s1. The van der Waals surface area contributed by atoms with Crippen LogP contribution in [0.4, 0.5) is 0 Å². The molecule has 5 heteroatoms. The second-order valence-corrected chi connectivity index (χ2v) is 9.12. The summed E-state index contributed by atoms with van der Waals surface area (Å²) in [4.78, 5) is 14.3. The second-order valence-electron chi connectivity index (χ2n) is 9.12. The number of amides is 1. The molecule has 0 bridgehead atoms. The predicted molar refractivity (Wildman–Crippen MR) is 96.3 cm³/mol. The van der Waals surface area contributed by atoms with Crippen LogP contribution >= 0.6 is 0 Å². The molecule has 1 atom stereocenters. The zero-order valence-corrected chi connectivity index (χ0v) is 16.0. The van der Waals surface area contributed by atoms with Gasteiger partial charge in [-0.15, -0.1) is 0 Å². The third kappa shape index (κ3) is 3.62. The van der Waals surface area contributed by atoms with Crippen molar-refractivity contribution in [3.8, 4) is 0 Å². The fourth-order valence-electron chi connectivity index (χ4n) is 4.23. The molecule has 2 fully saturated rings. The first kappa shape index (κ1) is 18.4. The van der Waals surface area contributed by atoms with E-state index in [-0.39, 0.29) is 23.8 Å². The third-order valence-corrected chi connectivity index (χ3v) is 6.17. The molecule has 25 heavy (non-hydrogen) atoms. The Morgan fingerprint density at radius 3 is 2.52 bits per heavy atom. The van der Waals surface area contributed by atoms with Gasteiger partial charge in [0, 0.05) is 35.9 Å². The normalized spacial score (nSPS) is 22.0. The molecular formula is C20H32N2O3. The average Bonchev–Trinajstić information content (AvgIpc) is 3.04. The van der Waals surface area contributed by atoms with Gasteiger partial charge in [-0.25, -0.2) is 0 Å². The van der Waals surface area contributed by atoms with Crippen molar-refractivity contribution in [2.24, 2.45) is 11.3 Å². The Morgan fingerprint density at radius 2 is 2.04 bits per heavy atom. The number of hydrogen-bond donors (Lipinski definition) is 1. The van der Waals surface area contributed by atoms with Crippen LogP contribution in [0.2, 0.25) is 0 Å². The molecule has 5 nitrogen and oxygen atoms in total. The largest absolute Gasteiger partial charge is 0.396 e. The molecule has 0 unspecified atom stereocenters. The number of hydrogen-bond acceptors (Lipinski definition) is 4. The Kier molecular flexibility index (Phi) is 4.97. The third-order valence-electron chi connectivity index (χ3n) is 6.17. The van der Waals surface area contributed by atoms with Crippen molar-refractivity contribution in [1.29, 1.82) is 0 Å². The van der Waals surface area contributed by atoms with Crippen LogP contribution in [0.5, 0.6) is 0 Å². The quantitative estimate of drug-likeness (QED) is 0.905. The maximum absolute atomic E-state index is 12.3. The van der Waals surface area contributed by atoms with Gasteiger partial charge < -0.3 is 14.5 Å². The van der Waals surface area contributed by atoms with Gasteiger partial charge in [-0.05, 0) is 32.1 Å². The van der Waals surface area contributed by atoms with E-state index in [0.717, 1.165) is 50.2 Å². The van der Waals surface area contributed by atoms with Gasteiger partial charge in [0.15, 0.2) is 0 Å². The zero-order valence-electron chi connectivity index (χ0n) is 16.0. The minimum atomic E-state index is -0.223. The number of carbonyl (C=O) groups is 1. The van der Waals surface area contributed by atoms with Crippen molar-refractivity contribution in [2.75, 3.05) is 19.7 Å². The Morgan fingerprint density at radius 1 is 1.40 bits per heavy atom. The first-order valence-corrected chi connectivity index (χ1v) is 9.65. The lowest BCUT2D eigenvalue weighted by atomic mass is 9.65. The molecule has 2 aliphatic rings. The second kappa shape index (κ2) is 6.75. The molecule has 1 aliphatic carbocycles. The van der Waals surface area contributed by atoms with Crippen LogP contribution < -0.4 is 0 Å².